The first kappa shape index (κ1) is 9.17. The molecule has 3 rings (SSSR count). The smallest absolute Gasteiger partial charge is 0.0137 e. The van der Waals surface area contributed by atoms with Gasteiger partial charge in [0, 0.05) is 25.2 Å². The monoisotopic (exact) mass is 194 g/mol. The molecule has 0 amide bonds. The molecule has 2 heteroatoms. The molecule has 80 valence electrons. The molecule has 2 nitrogen and oxygen atoms in total. The Bertz CT molecular complexity index is 188. The molecule has 3 fully saturated rings. The fourth-order valence-corrected chi connectivity index (χ4v) is 3.48. The Morgan fingerprint density at radius 3 is 2.07 bits per heavy atom. The van der Waals surface area contributed by atoms with Crippen molar-refractivity contribution in [2.45, 2.75) is 38.3 Å². The maximum atomic E-state index is 3.80. The summed E-state index contributed by atoms with van der Waals surface area (Å²) >= 11 is 0. The van der Waals surface area contributed by atoms with Crippen LogP contribution in [0.1, 0.15) is 26.2 Å². The lowest BCUT2D eigenvalue weighted by Crippen LogP contribution is -2.66. The molecule has 1 N–H and O–H groups in total. The van der Waals surface area contributed by atoms with Crippen molar-refractivity contribution in [1.29, 1.82) is 0 Å². The highest BCUT2D eigenvalue weighted by molar-refractivity contribution is 5.02. The number of hydrogen-bond acceptors (Lipinski definition) is 2. The molecule has 0 spiro atoms. The zero-order valence-electron chi connectivity index (χ0n) is 9.37. The third-order valence-electron chi connectivity index (χ3n) is 4.58. The third kappa shape index (κ3) is 1.40. The Kier molecular flexibility index (Phi) is 2.10. The van der Waals surface area contributed by atoms with Crippen molar-refractivity contribution in [2.24, 2.45) is 17.8 Å². The van der Waals surface area contributed by atoms with Crippen molar-refractivity contribution in [2.75, 3.05) is 20.1 Å². The summed E-state index contributed by atoms with van der Waals surface area (Å²) in [5.41, 5.74) is 0. The Labute approximate surface area is 87.0 Å². The van der Waals surface area contributed by atoms with E-state index in [-0.39, 0.29) is 0 Å². The van der Waals surface area contributed by atoms with Gasteiger partial charge >= 0.3 is 0 Å². The van der Waals surface area contributed by atoms with E-state index < -0.39 is 0 Å². The molecular weight excluding hydrogens is 172 g/mol. The van der Waals surface area contributed by atoms with Gasteiger partial charge in [0.1, 0.15) is 0 Å². The molecule has 1 aliphatic carbocycles. The minimum atomic E-state index is 0.868. The van der Waals surface area contributed by atoms with Crippen LogP contribution in [0.4, 0.5) is 0 Å². The molecule has 2 aliphatic heterocycles. The van der Waals surface area contributed by atoms with Crippen molar-refractivity contribution < 1.29 is 0 Å². The van der Waals surface area contributed by atoms with Crippen LogP contribution in [-0.4, -0.2) is 37.1 Å². The highest BCUT2D eigenvalue weighted by Crippen LogP contribution is 2.41. The van der Waals surface area contributed by atoms with Crippen LogP contribution in [0.25, 0.3) is 0 Å². The first-order valence-corrected chi connectivity index (χ1v) is 6.17. The molecule has 3 aliphatic rings. The molecule has 1 saturated carbocycles. The van der Waals surface area contributed by atoms with E-state index in [0.29, 0.717) is 0 Å². The van der Waals surface area contributed by atoms with Crippen molar-refractivity contribution >= 4 is 0 Å². The van der Waals surface area contributed by atoms with Crippen molar-refractivity contribution in [3.05, 3.63) is 0 Å². The largest absolute Gasteiger partial charge is 0.310 e. The summed E-state index contributed by atoms with van der Waals surface area (Å²) in [5.74, 6) is 3.00. The maximum absolute atomic E-state index is 3.80. The van der Waals surface area contributed by atoms with E-state index in [0.717, 1.165) is 29.8 Å². The Hall–Kier alpha value is -0.0800. The molecule has 2 heterocycles. The van der Waals surface area contributed by atoms with Gasteiger partial charge in [-0.2, -0.15) is 0 Å². The minimum Gasteiger partial charge on any atom is -0.310 e. The fourth-order valence-electron chi connectivity index (χ4n) is 3.48. The predicted octanol–water partition coefficient (Wildman–Crippen LogP) is 1.32. The average molecular weight is 194 g/mol. The van der Waals surface area contributed by atoms with Gasteiger partial charge < -0.3 is 10.2 Å². The van der Waals surface area contributed by atoms with Gasteiger partial charge in [-0.15, -0.1) is 0 Å². The van der Waals surface area contributed by atoms with Crippen LogP contribution < -0.4 is 5.32 Å². The highest BCUT2D eigenvalue weighted by atomic mass is 15.2. The van der Waals surface area contributed by atoms with Crippen LogP contribution in [0.5, 0.6) is 0 Å². The minimum absolute atomic E-state index is 0.868. The van der Waals surface area contributed by atoms with Gasteiger partial charge in [0.15, 0.2) is 0 Å². The first-order valence-electron chi connectivity index (χ1n) is 6.17. The van der Waals surface area contributed by atoms with Crippen LogP contribution in [0.15, 0.2) is 0 Å². The molecule has 0 bridgehead atoms. The highest BCUT2D eigenvalue weighted by Gasteiger charge is 2.44. The quantitative estimate of drug-likeness (QED) is 0.713. The van der Waals surface area contributed by atoms with E-state index in [1.807, 2.05) is 0 Å². The van der Waals surface area contributed by atoms with Gasteiger partial charge in [-0.3, -0.25) is 0 Å². The summed E-state index contributed by atoms with van der Waals surface area (Å²) in [6.45, 7) is 5.03. The molecule has 2 saturated heterocycles. The number of hydrogen-bond donors (Lipinski definition) is 1. The van der Waals surface area contributed by atoms with Crippen molar-refractivity contribution in [3.8, 4) is 0 Å². The zero-order chi connectivity index (χ0) is 9.71. The third-order valence-corrected chi connectivity index (χ3v) is 4.58. The van der Waals surface area contributed by atoms with Crippen LogP contribution >= 0.6 is 0 Å². The second-order valence-corrected chi connectivity index (χ2v) is 5.93. The van der Waals surface area contributed by atoms with Crippen LogP contribution in [0.3, 0.4) is 0 Å². The van der Waals surface area contributed by atoms with Crippen molar-refractivity contribution in [3.63, 3.8) is 0 Å². The van der Waals surface area contributed by atoms with Gasteiger partial charge in [0.05, 0.1) is 0 Å². The SMILES string of the molecule is CC1CC(C2CC(C3CN(C)C3)N2)C1. The van der Waals surface area contributed by atoms with Crippen LogP contribution in [0.2, 0.25) is 0 Å². The van der Waals surface area contributed by atoms with Crippen LogP contribution in [-0.2, 0) is 0 Å². The molecule has 2 unspecified atom stereocenters. The zero-order valence-corrected chi connectivity index (χ0v) is 9.37. The molecule has 0 aromatic carbocycles. The van der Waals surface area contributed by atoms with Gasteiger partial charge in [0.2, 0.25) is 0 Å². The Morgan fingerprint density at radius 1 is 1.00 bits per heavy atom. The second-order valence-electron chi connectivity index (χ2n) is 5.93. The number of rotatable bonds is 2. The number of likely N-dealkylation sites (tertiary alicyclic amines) is 1. The van der Waals surface area contributed by atoms with Crippen molar-refractivity contribution in [1.82, 2.24) is 10.2 Å². The summed E-state index contributed by atoms with van der Waals surface area (Å²) in [4.78, 5) is 2.42. The number of nitrogens with one attached hydrogen (secondary N) is 1. The summed E-state index contributed by atoms with van der Waals surface area (Å²) in [5, 5.41) is 3.80. The molecule has 14 heavy (non-hydrogen) atoms. The lowest BCUT2D eigenvalue weighted by Gasteiger charge is -2.53. The van der Waals surface area contributed by atoms with Crippen LogP contribution in [0, 0.1) is 17.8 Å². The van der Waals surface area contributed by atoms with E-state index in [2.05, 4.69) is 24.2 Å². The summed E-state index contributed by atoms with van der Waals surface area (Å²) < 4.78 is 0. The maximum Gasteiger partial charge on any atom is 0.0137 e. The molecule has 0 aromatic heterocycles. The predicted molar refractivity (Wildman–Crippen MR) is 58.2 cm³/mol. The number of nitrogens with zero attached hydrogens (tertiary/aromatic N) is 1. The second kappa shape index (κ2) is 3.21. The lowest BCUT2D eigenvalue weighted by atomic mass is 9.66. The van der Waals surface area contributed by atoms with E-state index in [9.17, 15) is 0 Å². The van der Waals surface area contributed by atoms with E-state index in [4.69, 9.17) is 0 Å². The summed E-state index contributed by atoms with van der Waals surface area (Å²) in [6, 6.07) is 1.76. The molecule has 0 radical (unpaired) electrons. The molecular formula is C12H22N2. The Morgan fingerprint density at radius 2 is 1.57 bits per heavy atom. The Balaban J connectivity index is 1.39. The van der Waals surface area contributed by atoms with Gasteiger partial charge in [0.25, 0.3) is 0 Å². The fraction of sp³-hybridized carbons (Fsp3) is 1.00. The lowest BCUT2D eigenvalue weighted by molar-refractivity contribution is 0.0158. The van der Waals surface area contributed by atoms with Gasteiger partial charge in [-0.05, 0) is 44.1 Å². The standard InChI is InChI=1S/C12H22N2/c1-8-3-9(4-8)11-5-12(13-11)10-6-14(2)7-10/h8-13H,3-7H2,1-2H3. The van der Waals surface area contributed by atoms with Gasteiger partial charge in [-0.25, -0.2) is 0 Å². The van der Waals surface area contributed by atoms with E-state index >= 15 is 0 Å². The molecule has 0 aromatic rings. The van der Waals surface area contributed by atoms with E-state index in [1.54, 1.807) is 0 Å². The average Bonchev–Trinajstić information content (AvgIpc) is 1.94. The van der Waals surface area contributed by atoms with Gasteiger partial charge in [-0.1, -0.05) is 6.92 Å². The normalized spacial score (nSPS) is 49.3. The summed E-state index contributed by atoms with van der Waals surface area (Å²) in [6.07, 6.45) is 4.43. The first-order chi connectivity index (χ1) is 6.72. The topological polar surface area (TPSA) is 15.3 Å². The summed E-state index contributed by atoms with van der Waals surface area (Å²) in [7, 11) is 2.22. The molecule has 2 atom stereocenters. The van der Waals surface area contributed by atoms with E-state index in [1.165, 1.54) is 32.4 Å².